The van der Waals surface area contributed by atoms with Gasteiger partial charge in [0.15, 0.2) is 0 Å². The van der Waals surface area contributed by atoms with Crippen molar-refractivity contribution in [2.75, 3.05) is 55.8 Å². The number of aliphatic hydroxyl groups is 1. The average Bonchev–Trinajstić information content (AvgIpc) is 4.03. The number of aliphatic carboxylic acids is 1. The fourth-order valence-corrected chi connectivity index (χ4v) is 11.3. The van der Waals surface area contributed by atoms with Gasteiger partial charge in [0.1, 0.15) is 17.5 Å². The number of benzene rings is 6. The molecule has 1 fully saturated rings. The molecule has 0 saturated carbocycles. The monoisotopic (exact) mass is 1120 g/mol. The second-order valence-electron chi connectivity index (χ2n) is 15.4. The average molecular weight is 1120 g/mol. The highest BCUT2D eigenvalue weighted by Crippen LogP contribution is 2.38. The molecule has 6 aromatic rings. The van der Waals surface area contributed by atoms with Crippen LogP contribution in [0.3, 0.4) is 0 Å². The molecule has 3 aliphatic heterocycles. The van der Waals surface area contributed by atoms with E-state index in [0.717, 1.165) is 43.2 Å². The predicted octanol–water partition coefficient (Wildman–Crippen LogP) is 13.0. The molecule has 0 unspecified atom stereocenters. The minimum absolute atomic E-state index is 0. The molecule has 8 nitrogen and oxygen atoms in total. The molecule has 0 atom stereocenters. The zero-order valence-corrected chi connectivity index (χ0v) is 44.2. The summed E-state index contributed by atoms with van der Waals surface area (Å²) in [6.07, 6.45) is 2.35. The zero-order chi connectivity index (χ0) is 49.9. The van der Waals surface area contributed by atoms with Crippen molar-refractivity contribution in [1.82, 2.24) is 5.32 Å². The molecule has 0 spiro atoms. The molecule has 0 radical (unpaired) electrons. The van der Waals surface area contributed by atoms with E-state index in [-0.39, 0.29) is 76.8 Å². The van der Waals surface area contributed by atoms with Crippen LogP contribution in [0.2, 0.25) is 20.1 Å². The Kier molecular flexibility index (Phi) is 25.1. The van der Waals surface area contributed by atoms with Crippen molar-refractivity contribution in [2.45, 2.75) is 53.7 Å². The van der Waals surface area contributed by atoms with Gasteiger partial charge in [-0.3, -0.25) is 8.98 Å². The lowest BCUT2D eigenvalue weighted by Crippen LogP contribution is -2.43. The second-order valence-corrected chi connectivity index (χ2v) is 20.9. The Morgan fingerprint density at radius 3 is 1.66 bits per heavy atom. The lowest BCUT2D eigenvalue weighted by molar-refractivity contribution is -0.136. The minimum Gasteiger partial charge on any atom is -0.481 e. The van der Waals surface area contributed by atoms with Crippen LogP contribution in [-0.4, -0.2) is 75.5 Å². The number of anilines is 1. The smallest absolute Gasteiger partial charge is 0.307 e. The summed E-state index contributed by atoms with van der Waals surface area (Å²) in [6.45, 7) is 6.16. The molecule has 70 heavy (non-hydrogen) atoms. The van der Waals surface area contributed by atoms with Crippen LogP contribution >= 0.6 is 82.3 Å². The SMILES string of the molecule is Cc1ccc(S(=O)(=O)OCCc2c(F)cccc2Cl)cc1.Cl.Clc1cccc2c1CCS2.O=C(O)Cc1c(F)cccc1Cl.OCCc1c(F)cccc1Cl.c1cc2c(c(N3CCNCC3)c1)CCS2. The molecule has 19 heteroatoms. The highest BCUT2D eigenvalue weighted by Gasteiger charge is 2.20. The third-order valence-corrected chi connectivity index (χ3v) is 15.6. The largest absolute Gasteiger partial charge is 0.481 e. The molecule has 9 rings (SSSR count). The van der Waals surface area contributed by atoms with Crippen LogP contribution in [0, 0.1) is 24.4 Å². The van der Waals surface area contributed by atoms with Gasteiger partial charge in [0.05, 0.1) is 17.9 Å². The van der Waals surface area contributed by atoms with Crippen molar-refractivity contribution in [3.05, 3.63) is 186 Å². The summed E-state index contributed by atoms with van der Waals surface area (Å²) in [5.41, 5.74) is 6.03. The summed E-state index contributed by atoms with van der Waals surface area (Å²) in [5, 5.41) is 22.1. The number of nitrogens with zero attached hydrogens (tertiary/aromatic N) is 1. The van der Waals surface area contributed by atoms with Gasteiger partial charge in [0, 0.05) is 103 Å². The summed E-state index contributed by atoms with van der Waals surface area (Å²) in [5.74, 6) is -0.0467. The van der Waals surface area contributed by atoms with Gasteiger partial charge in [-0.05, 0) is 110 Å². The Balaban J connectivity index is 0.000000195. The normalized spacial score (nSPS) is 13.3. The van der Waals surface area contributed by atoms with Crippen molar-refractivity contribution < 1.29 is 40.8 Å². The molecule has 0 aromatic heterocycles. The first-order valence-corrected chi connectivity index (χ1v) is 26.7. The predicted molar refractivity (Wildman–Crippen MR) is 283 cm³/mol. The standard InChI is InChI=1S/C15H14ClFO3S.C12H16N2S.C8H6ClFO2.C8H8ClFO.C8H7ClS.ClH/c1-11-5-7-12(8-6-11)21(18,19)20-10-9-13-14(16)3-2-4-15(13)17;1-2-11(14-7-5-13-6-8-14)10-4-9-15-12(10)3-1;9-6-2-1-3-7(10)5(6)4-8(11)12;9-7-2-1-3-8(10)6(7)4-5-11;9-7-2-1-3-8-6(7)4-5-10-8;/h2-8H,9-10H2,1H3;1-3,13H,4-9H2;1-3H,4H2,(H,11,12);1-3,11H,4-5H2;1-3H,4-5H2;1H. The highest BCUT2D eigenvalue weighted by molar-refractivity contribution is 7.99. The van der Waals surface area contributed by atoms with Crippen LogP contribution in [0.5, 0.6) is 0 Å². The molecule has 1 saturated heterocycles. The van der Waals surface area contributed by atoms with Gasteiger partial charge < -0.3 is 20.4 Å². The van der Waals surface area contributed by atoms with E-state index < -0.39 is 27.7 Å². The highest BCUT2D eigenvalue weighted by atomic mass is 35.5. The molecule has 0 aliphatic carbocycles. The second kappa shape index (κ2) is 29.8. The summed E-state index contributed by atoms with van der Waals surface area (Å²) < 4.78 is 68.1. The van der Waals surface area contributed by atoms with Crippen LogP contribution in [0.1, 0.15) is 33.4 Å². The molecule has 3 heterocycles. The number of halogens is 8. The summed E-state index contributed by atoms with van der Waals surface area (Å²) >= 11 is 27.0. The van der Waals surface area contributed by atoms with Gasteiger partial charge >= 0.3 is 5.97 Å². The van der Waals surface area contributed by atoms with Crippen molar-refractivity contribution in [3.8, 4) is 0 Å². The number of piperazine rings is 1. The van der Waals surface area contributed by atoms with E-state index in [9.17, 15) is 26.4 Å². The molecular formula is C51H52Cl5F3N2O6S3. The van der Waals surface area contributed by atoms with E-state index in [1.54, 1.807) is 35.9 Å². The van der Waals surface area contributed by atoms with Crippen molar-refractivity contribution >= 4 is 104 Å². The van der Waals surface area contributed by atoms with Gasteiger partial charge in [-0.2, -0.15) is 8.42 Å². The zero-order valence-electron chi connectivity index (χ0n) is 37.9. The third kappa shape index (κ3) is 17.8. The number of fused-ring (bicyclic) bond motifs is 2. The maximum absolute atomic E-state index is 13.5. The molecular weight excluding hydrogens is 1070 g/mol. The van der Waals surface area contributed by atoms with Gasteiger partial charge in [0.2, 0.25) is 0 Å². The van der Waals surface area contributed by atoms with Gasteiger partial charge in [-0.15, -0.1) is 35.9 Å². The number of nitrogens with one attached hydrogen (secondary N) is 1. The topological polar surface area (TPSA) is 116 Å². The minimum atomic E-state index is -3.84. The van der Waals surface area contributed by atoms with Crippen LogP contribution in [0.25, 0.3) is 0 Å². The number of carboxylic acid groups (broad SMARTS) is 1. The lowest BCUT2D eigenvalue weighted by atomic mass is 10.1. The lowest BCUT2D eigenvalue weighted by Gasteiger charge is -2.31. The maximum atomic E-state index is 13.5. The number of aliphatic hydroxyl groups excluding tert-OH is 1. The van der Waals surface area contributed by atoms with Crippen molar-refractivity contribution in [3.63, 3.8) is 0 Å². The Hall–Kier alpha value is -3.64. The third-order valence-electron chi connectivity index (χ3n) is 10.6. The molecule has 0 amide bonds. The molecule has 0 bridgehead atoms. The maximum Gasteiger partial charge on any atom is 0.307 e. The van der Waals surface area contributed by atoms with Gasteiger partial charge in [-0.1, -0.05) is 94.4 Å². The number of hydrogen-bond acceptors (Lipinski definition) is 9. The first-order valence-electron chi connectivity index (χ1n) is 21.8. The first kappa shape index (κ1) is 58.9. The number of carboxylic acids is 1. The summed E-state index contributed by atoms with van der Waals surface area (Å²) in [7, 11) is -3.84. The quantitative estimate of drug-likeness (QED) is 0.115. The molecule has 6 aromatic carbocycles. The summed E-state index contributed by atoms with van der Waals surface area (Å²) in [4.78, 5) is 15.7. The van der Waals surface area contributed by atoms with E-state index in [2.05, 4.69) is 34.5 Å². The molecule has 3 N–H and O–H groups in total. The first-order chi connectivity index (χ1) is 33.1. The molecule has 3 aliphatic rings. The Morgan fingerprint density at radius 1 is 0.671 bits per heavy atom. The fraction of sp³-hybridized carbons (Fsp3) is 0.275. The number of hydrogen-bond donors (Lipinski definition) is 3. The van der Waals surface area contributed by atoms with Crippen LogP contribution in [0.15, 0.2) is 130 Å². The number of rotatable bonds is 10. The van der Waals surface area contributed by atoms with E-state index >= 15 is 0 Å². The summed E-state index contributed by atoms with van der Waals surface area (Å²) in [6, 6.07) is 32.1. The Morgan fingerprint density at radius 2 is 1.14 bits per heavy atom. The van der Waals surface area contributed by atoms with E-state index in [1.807, 2.05) is 42.6 Å². The van der Waals surface area contributed by atoms with E-state index in [4.69, 9.17) is 60.8 Å². The molecule has 376 valence electrons. The Bertz CT molecular complexity index is 2700. The van der Waals surface area contributed by atoms with E-state index in [1.165, 1.54) is 87.5 Å². The number of aryl methyl sites for hydroxylation is 1. The van der Waals surface area contributed by atoms with Crippen molar-refractivity contribution in [1.29, 1.82) is 0 Å². The van der Waals surface area contributed by atoms with Gasteiger partial charge in [-0.25, -0.2) is 13.2 Å². The number of carbonyl (C=O) groups is 1. The van der Waals surface area contributed by atoms with E-state index in [0.29, 0.717) is 10.6 Å². The van der Waals surface area contributed by atoms with Crippen LogP contribution in [0.4, 0.5) is 18.9 Å². The number of thioether (sulfide) groups is 2. The fourth-order valence-electron chi connectivity index (χ4n) is 7.12. The van der Waals surface area contributed by atoms with Crippen LogP contribution in [-0.2, 0) is 51.2 Å². The Labute approximate surface area is 442 Å². The van der Waals surface area contributed by atoms with Crippen LogP contribution < -0.4 is 10.2 Å². The van der Waals surface area contributed by atoms with Gasteiger partial charge in [0.25, 0.3) is 10.1 Å². The van der Waals surface area contributed by atoms with Crippen molar-refractivity contribution in [2.24, 2.45) is 0 Å².